The van der Waals surface area contributed by atoms with Gasteiger partial charge in [-0.15, -0.1) is 0 Å². The van der Waals surface area contributed by atoms with Gasteiger partial charge in [0.1, 0.15) is 18.4 Å². The first-order chi connectivity index (χ1) is 22.6. The zero-order chi connectivity index (χ0) is 33.1. The Morgan fingerprint density at radius 2 is 1.83 bits per heavy atom. The minimum absolute atomic E-state index is 0.0340. The van der Waals surface area contributed by atoms with Crippen molar-refractivity contribution in [3.63, 3.8) is 0 Å². The Bertz CT molecular complexity index is 1820. The number of rotatable bonds is 5. The molecule has 12 nitrogen and oxygen atoms in total. The summed E-state index contributed by atoms with van der Waals surface area (Å²) >= 11 is 0. The van der Waals surface area contributed by atoms with Crippen molar-refractivity contribution in [3.05, 3.63) is 69.8 Å². The van der Waals surface area contributed by atoms with Gasteiger partial charge in [-0.2, -0.15) is 5.26 Å². The van der Waals surface area contributed by atoms with Gasteiger partial charge < -0.3 is 28.8 Å². The first-order valence-corrected chi connectivity index (χ1v) is 15.5. The van der Waals surface area contributed by atoms with Crippen LogP contribution >= 0.6 is 0 Å². The van der Waals surface area contributed by atoms with Crippen molar-refractivity contribution in [2.24, 2.45) is 0 Å². The van der Waals surface area contributed by atoms with E-state index in [2.05, 4.69) is 21.2 Å². The summed E-state index contributed by atoms with van der Waals surface area (Å²) < 4.78 is 29.3. The molecule has 3 aromatic rings. The highest BCUT2D eigenvalue weighted by atomic mass is 16.7. The van der Waals surface area contributed by atoms with E-state index >= 15 is 0 Å². The van der Waals surface area contributed by atoms with E-state index in [4.69, 9.17) is 23.7 Å². The van der Waals surface area contributed by atoms with E-state index in [0.29, 0.717) is 58.2 Å². The Labute approximate surface area is 272 Å². The van der Waals surface area contributed by atoms with Crippen LogP contribution in [0.25, 0.3) is 0 Å². The van der Waals surface area contributed by atoms with Crippen molar-refractivity contribution in [1.29, 1.82) is 5.26 Å². The smallest absolute Gasteiger partial charge is 0.411 e. The van der Waals surface area contributed by atoms with Gasteiger partial charge in [-0.1, -0.05) is 24.3 Å². The van der Waals surface area contributed by atoms with Gasteiger partial charge in [-0.3, -0.25) is 19.9 Å². The number of carbonyl (C=O) groups excluding carboxylic acids is 2. The van der Waals surface area contributed by atoms with Gasteiger partial charge in [-0.25, -0.2) is 4.79 Å². The maximum atomic E-state index is 13.1. The normalized spacial score (nSPS) is 23.9. The van der Waals surface area contributed by atoms with Gasteiger partial charge in [0.05, 0.1) is 25.3 Å². The molecule has 1 fully saturated rings. The number of phenols is 1. The summed E-state index contributed by atoms with van der Waals surface area (Å²) in [6, 6.07) is 11.2. The van der Waals surface area contributed by atoms with Crippen molar-refractivity contribution in [2.45, 2.75) is 63.8 Å². The van der Waals surface area contributed by atoms with Gasteiger partial charge >= 0.3 is 12.1 Å². The second-order valence-electron chi connectivity index (χ2n) is 12.4. The number of para-hydroxylation sites is 1. The monoisotopic (exact) mass is 640 g/mol. The van der Waals surface area contributed by atoms with Gasteiger partial charge in [0.25, 0.3) is 0 Å². The molecule has 7 rings (SSSR count). The summed E-state index contributed by atoms with van der Waals surface area (Å²) in [7, 11) is 3.50. The molecule has 1 amide bonds. The van der Waals surface area contributed by atoms with Crippen LogP contribution in [0, 0.1) is 25.2 Å². The number of nitrogens with one attached hydrogen (secondary N) is 1. The van der Waals surface area contributed by atoms with Crippen LogP contribution in [0.1, 0.15) is 52.4 Å². The lowest BCUT2D eigenvalue weighted by molar-refractivity contribution is -0.132. The maximum Gasteiger partial charge on any atom is 0.411 e. The fourth-order valence-corrected chi connectivity index (χ4v) is 8.10. The Kier molecular flexibility index (Phi) is 7.61. The molecule has 0 unspecified atom stereocenters. The number of nitriles is 1. The van der Waals surface area contributed by atoms with Crippen molar-refractivity contribution in [1.82, 2.24) is 9.80 Å². The van der Waals surface area contributed by atoms with E-state index < -0.39 is 30.2 Å². The minimum Gasteiger partial charge on any atom is -0.504 e. The molecule has 0 aliphatic carbocycles. The molecule has 4 aliphatic rings. The first kappa shape index (κ1) is 30.7. The number of anilines is 1. The molecule has 1 saturated heterocycles. The second-order valence-corrected chi connectivity index (χ2v) is 12.4. The van der Waals surface area contributed by atoms with Crippen LogP contribution in [0.3, 0.4) is 0 Å². The Morgan fingerprint density at radius 3 is 2.53 bits per heavy atom. The summed E-state index contributed by atoms with van der Waals surface area (Å²) in [6.45, 7) is 4.87. The van der Waals surface area contributed by atoms with Crippen LogP contribution in [0.4, 0.5) is 10.5 Å². The lowest BCUT2D eigenvalue weighted by Crippen LogP contribution is -2.68. The van der Waals surface area contributed by atoms with E-state index in [1.807, 2.05) is 33.0 Å². The zero-order valence-corrected chi connectivity index (χ0v) is 26.8. The largest absolute Gasteiger partial charge is 0.504 e. The number of benzene rings is 3. The summed E-state index contributed by atoms with van der Waals surface area (Å²) in [5.41, 5.74) is 5.04. The Hall–Kier alpha value is -4.99. The number of likely N-dealkylation sites (N-methyl/N-ethyl adjacent to an activating group) is 1. The Balaban J connectivity index is 1.41. The van der Waals surface area contributed by atoms with Crippen molar-refractivity contribution in [3.8, 4) is 34.8 Å². The number of aromatic hydroxyl groups is 1. The SMILES string of the molecule is COc1c(C)cc2c(c1O)[C@@H]1[C@@H]3Cc4c(OC(C)=O)c(C)c5c(c4[C@H](COC(=O)Nc4ccccc4)N3[C@@H](C#N)[C@@H](C2)N1C)OCO5. The lowest BCUT2D eigenvalue weighted by atomic mass is 9.71. The molecule has 3 aromatic carbocycles. The third-order valence-electron chi connectivity index (χ3n) is 9.90. The van der Waals surface area contributed by atoms with E-state index in [-0.39, 0.29) is 31.2 Å². The molecule has 4 heterocycles. The van der Waals surface area contributed by atoms with Gasteiger partial charge in [0.2, 0.25) is 6.79 Å². The minimum atomic E-state index is -0.685. The summed E-state index contributed by atoms with van der Waals surface area (Å²) in [5.74, 6) is 1.25. The maximum absolute atomic E-state index is 13.1. The first-order valence-electron chi connectivity index (χ1n) is 15.5. The predicted octanol–water partition coefficient (Wildman–Crippen LogP) is 4.69. The number of amides is 1. The van der Waals surface area contributed by atoms with E-state index in [0.717, 1.165) is 16.7 Å². The van der Waals surface area contributed by atoms with Crippen LogP contribution in [0.2, 0.25) is 0 Å². The van der Waals surface area contributed by atoms with Gasteiger partial charge in [-0.05, 0) is 57.0 Å². The van der Waals surface area contributed by atoms with Crippen LogP contribution in [0.5, 0.6) is 28.7 Å². The summed E-state index contributed by atoms with van der Waals surface area (Å²) in [5, 5.41) is 25.2. The van der Waals surface area contributed by atoms with Crippen molar-refractivity contribution < 1.29 is 38.4 Å². The number of methoxy groups -OCH3 is 1. The van der Waals surface area contributed by atoms with E-state index in [9.17, 15) is 20.0 Å². The molecule has 5 atom stereocenters. The van der Waals surface area contributed by atoms with Crippen LogP contribution in [-0.2, 0) is 22.4 Å². The number of carbonyl (C=O) groups is 2. The molecule has 0 saturated carbocycles. The number of nitrogens with zero attached hydrogens (tertiary/aromatic N) is 3. The number of phenolic OH excluding ortho intramolecular Hbond substituents is 1. The highest BCUT2D eigenvalue weighted by molar-refractivity contribution is 5.84. The molecule has 47 heavy (non-hydrogen) atoms. The average molecular weight is 641 g/mol. The predicted molar refractivity (Wildman–Crippen MR) is 169 cm³/mol. The summed E-state index contributed by atoms with van der Waals surface area (Å²) in [6.07, 6.45) is 0.200. The lowest BCUT2D eigenvalue weighted by Gasteiger charge is -2.59. The highest BCUT2D eigenvalue weighted by Gasteiger charge is 2.57. The molecule has 0 aromatic heterocycles. The van der Waals surface area contributed by atoms with Gasteiger partial charge in [0.15, 0.2) is 23.0 Å². The molecular weight excluding hydrogens is 604 g/mol. The molecule has 2 N–H and O–H groups in total. The molecule has 0 spiro atoms. The average Bonchev–Trinajstić information content (AvgIpc) is 3.53. The van der Waals surface area contributed by atoms with Crippen LogP contribution in [0.15, 0.2) is 36.4 Å². The number of fused-ring (bicyclic) bond motifs is 9. The number of aryl methyl sites for hydroxylation is 1. The zero-order valence-electron chi connectivity index (χ0n) is 26.8. The molecular formula is C35H36N4O8. The standard InChI is InChI=1S/C35H36N4O8/c1-17-11-20-12-23-25(14-36)39-24(29(38(23)4)27(20)30(41)31(17)43-5)13-22-28(26(39)15-44-35(42)37-21-9-7-6-8-10-21)34-33(45-16-46-34)18(2)32(22)47-19(3)40/h6-11,23-26,29,41H,12-13,15-16H2,1-5H3,(H,37,42)/t23-,24+,25+,26+,29+/m1/s1. The third-order valence-corrected chi connectivity index (χ3v) is 9.90. The fraction of sp³-hybridized carbons (Fsp3) is 0.400. The van der Waals surface area contributed by atoms with E-state index in [1.165, 1.54) is 14.0 Å². The van der Waals surface area contributed by atoms with Crippen molar-refractivity contribution >= 4 is 17.7 Å². The number of ether oxygens (including phenoxy) is 5. The second kappa shape index (κ2) is 11.7. The van der Waals surface area contributed by atoms with Crippen molar-refractivity contribution in [2.75, 3.05) is 32.9 Å². The number of piperazine rings is 1. The third kappa shape index (κ3) is 4.80. The number of esters is 1. The summed E-state index contributed by atoms with van der Waals surface area (Å²) in [4.78, 5) is 29.8. The van der Waals surface area contributed by atoms with Crippen LogP contribution in [-0.4, -0.2) is 72.7 Å². The topological polar surface area (TPSA) is 143 Å². The van der Waals surface area contributed by atoms with E-state index in [1.54, 1.807) is 24.3 Å². The van der Waals surface area contributed by atoms with Gasteiger partial charge in [0, 0.05) is 46.9 Å². The fourth-order valence-electron chi connectivity index (χ4n) is 8.10. The van der Waals surface area contributed by atoms with Crippen LogP contribution < -0.4 is 24.3 Å². The Morgan fingerprint density at radius 1 is 1.09 bits per heavy atom. The quantitative estimate of drug-likeness (QED) is 0.296. The molecule has 4 aliphatic heterocycles. The molecule has 12 heteroatoms. The molecule has 2 bridgehead atoms. The molecule has 0 radical (unpaired) electrons. The number of hydrogen-bond acceptors (Lipinski definition) is 11. The highest BCUT2D eigenvalue weighted by Crippen LogP contribution is 2.58. The molecule has 244 valence electrons. The number of hydrogen-bond donors (Lipinski definition) is 2.